The Morgan fingerprint density at radius 1 is 1.35 bits per heavy atom. The fourth-order valence-corrected chi connectivity index (χ4v) is 1.26. The van der Waals surface area contributed by atoms with Gasteiger partial charge in [0.2, 0.25) is 5.76 Å². The van der Waals surface area contributed by atoms with Gasteiger partial charge in [0.15, 0.2) is 0 Å². The van der Waals surface area contributed by atoms with Crippen molar-refractivity contribution in [2.45, 2.75) is 6.61 Å². The van der Waals surface area contributed by atoms with E-state index in [9.17, 15) is 4.79 Å². The van der Waals surface area contributed by atoms with Crippen LogP contribution in [-0.4, -0.2) is 18.2 Å². The summed E-state index contributed by atoms with van der Waals surface area (Å²) >= 11 is 0. The van der Waals surface area contributed by atoms with Crippen molar-refractivity contribution in [3.05, 3.63) is 47.7 Å². The molecular formula is C12H11NO4. The van der Waals surface area contributed by atoms with Crippen LogP contribution in [0, 0.1) is 0 Å². The Balaban J connectivity index is 1.96. The molecule has 17 heavy (non-hydrogen) atoms. The third-order valence-electron chi connectivity index (χ3n) is 2.10. The van der Waals surface area contributed by atoms with Gasteiger partial charge in [-0.05, 0) is 10.7 Å². The van der Waals surface area contributed by atoms with Gasteiger partial charge in [0, 0.05) is 0 Å². The van der Waals surface area contributed by atoms with Crippen LogP contribution in [0.15, 0.2) is 40.9 Å². The number of esters is 1. The molecule has 0 bridgehead atoms. The number of benzene rings is 1. The van der Waals surface area contributed by atoms with Gasteiger partial charge in [-0.1, -0.05) is 30.3 Å². The topological polar surface area (TPSA) is 61.6 Å². The van der Waals surface area contributed by atoms with E-state index in [1.807, 2.05) is 30.3 Å². The van der Waals surface area contributed by atoms with Crippen LogP contribution in [-0.2, 0) is 11.3 Å². The lowest BCUT2D eigenvalue weighted by Crippen LogP contribution is -1.98. The minimum absolute atomic E-state index is 0.0237. The molecule has 0 aliphatic carbocycles. The van der Waals surface area contributed by atoms with Gasteiger partial charge in [-0.25, -0.2) is 4.79 Å². The number of hydrogen-bond donors (Lipinski definition) is 0. The molecule has 1 heterocycles. The lowest BCUT2D eigenvalue weighted by molar-refractivity contribution is 0.0554. The van der Waals surface area contributed by atoms with Gasteiger partial charge < -0.3 is 14.0 Å². The molecule has 5 heteroatoms. The lowest BCUT2D eigenvalue weighted by atomic mass is 10.2. The predicted molar refractivity (Wildman–Crippen MR) is 58.6 cm³/mol. The SMILES string of the molecule is COC(=O)c1cc(OCc2ccccc2)no1. The molecule has 2 rings (SSSR count). The van der Waals surface area contributed by atoms with E-state index < -0.39 is 5.97 Å². The van der Waals surface area contributed by atoms with Crippen LogP contribution in [0.1, 0.15) is 16.1 Å². The van der Waals surface area contributed by atoms with Gasteiger partial charge >= 0.3 is 5.97 Å². The molecule has 2 aromatic rings. The predicted octanol–water partition coefficient (Wildman–Crippen LogP) is 2.04. The zero-order valence-corrected chi connectivity index (χ0v) is 9.25. The van der Waals surface area contributed by atoms with E-state index in [2.05, 4.69) is 9.89 Å². The highest BCUT2D eigenvalue weighted by Crippen LogP contribution is 2.13. The Morgan fingerprint density at radius 2 is 2.12 bits per heavy atom. The molecule has 1 aromatic heterocycles. The maximum absolute atomic E-state index is 11.1. The first-order valence-electron chi connectivity index (χ1n) is 5.01. The number of aromatic nitrogens is 1. The summed E-state index contributed by atoms with van der Waals surface area (Å²) < 4.78 is 14.6. The average Bonchev–Trinajstić information content (AvgIpc) is 2.85. The smallest absolute Gasteiger partial charge is 0.377 e. The van der Waals surface area contributed by atoms with Crippen molar-refractivity contribution in [2.24, 2.45) is 0 Å². The first-order valence-corrected chi connectivity index (χ1v) is 5.01. The third-order valence-corrected chi connectivity index (χ3v) is 2.10. The molecule has 0 saturated carbocycles. The largest absolute Gasteiger partial charge is 0.471 e. The van der Waals surface area contributed by atoms with E-state index in [-0.39, 0.29) is 11.6 Å². The van der Waals surface area contributed by atoms with E-state index in [1.165, 1.54) is 13.2 Å². The second-order valence-corrected chi connectivity index (χ2v) is 3.30. The Labute approximate surface area is 97.9 Å². The molecule has 0 unspecified atom stereocenters. The number of carbonyl (C=O) groups is 1. The van der Waals surface area contributed by atoms with Crippen molar-refractivity contribution in [2.75, 3.05) is 7.11 Å². The van der Waals surface area contributed by atoms with E-state index >= 15 is 0 Å². The second kappa shape index (κ2) is 5.16. The molecule has 0 N–H and O–H groups in total. The molecule has 0 amide bonds. The summed E-state index contributed by atoms with van der Waals surface area (Å²) in [7, 11) is 1.27. The molecule has 0 radical (unpaired) electrons. The number of hydrogen-bond acceptors (Lipinski definition) is 5. The maximum Gasteiger partial charge on any atom is 0.377 e. The summed E-state index contributed by atoms with van der Waals surface area (Å²) in [6.07, 6.45) is 0. The number of rotatable bonds is 4. The van der Waals surface area contributed by atoms with Gasteiger partial charge in [-0.2, -0.15) is 0 Å². The van der Waals surface area contributed by atoms with Crippen molar-refractivity contribution in [3.8, 4) is 5.88 Å². The molecule has 0 aliphatic rings. The highest BCUT2D eigenvalue weighted by atomic mass is 16.6. The van der Waals surface area contributed by atoms with Crippen molar-refractivity contribution in [1.29, 1.82) is 0 Å². The fourth-order valence-electron chi connectivity index (χ4n) is 1.26. The highest BCUT2D eigenvalue weighted by Gasteiger charge is 2.13. The number of carbonyl (C=O) groups excluding carboxylic acids is 1. The minimum atomic E-state index is -0.577. The van der Waals surface area contributed by atoms with Crippen LogP contribution in [0.5, 0.6) is 5.88 Å². The molecule has 0 aliphatic heterocycles. The van der Waals surface area contributed by atoms with E-state index in [0.29, 0.717) is 6.61 Å². The summed E-state index contributed by atoms with van der Waals surface area (Å²) in [6, 6.07) is 11.0. The molecular weight excluding hydrogens is 222 g/mol. The number of methoxy groups -OCH3 is 1. The molecule has 88 valence electrons. The molecule has 0 spiro atoms. The minimum Gasteiger partial charge on any atom is -0.471 e. The monoisotopic (exact) mass is 233 g/mol. The molecule has 5 nitrogen and oxygen atoms in total. The van der Waals surface area contributed by atoms with Crippen molar-refractivity contribution in [1.82, 2.24) is 5.16 Å². The first kappa shape index (κ1) is 11.2. The normalized spacial score (nSPS) is 9.94. The van der Waals surface area contributed by atoms with Gasteiger partial charge in [0.1, 0.15) is 6.61 Å². The van der Waals surface area contributed by atoms with Crippen LogP contribution in [0.2, 0.25) is 0 Å². The molecule has 1 aromatic carbocycles. The van der Waals surface area contributed by atoms with Gasteiger partial charge in [-0.15, -0.1) is 0 Å². The van der Waals surface area contributed by atoms with Crippen LogP contribution >= 0.6 is 0 Å². The Bertz CT molecular complexity index is 492. The van der Waals surface area contributed by atoms with E-state index in [1.54, 1.807) is 0 Å². The van der Waals surface area contributed by atoms with Crippen molar-refractivity contribution < 1.29 is 18.8 Å². The van der Waals surface area contributed by atoms with Gasteiger partial charge in [0.05, 0.1) is 13.2 Å². The number of ether oxygens (including phenoxy) is 2. The molecule has 0 atom stereocenters. The Kier molecular flexibility index (Phi) is 3.40. The van der Waals surface area contributed by atoms with Crippen LogP contribution < -0.4 is 4.74 Å². The maximum atomic E-state index is 11.1. The Morgan fingerprint density at radius 3 is 2.82 bits per heavy atom. The zero-order chi connectivity index (χ0) is 12.1. The fraction of sp³-hybridized carbons (Fsp3) is 0.167. The van der Waals surface area contributed by atoms with Crippen molar-refractivity contribution in [3.63, 3.8) is 0 Å². The van der Waals surface area contributed by atoms with Gasteiger partial charge in [-0.3, -0.25) is 0 Å². The quantitative estimate of drug-likeness (QED) is 0.756. The van der Waals surface area contributed by atoms with Crippen LogP contribution in [0.4, 0.5) is 0 Å². The summed E-state index contributed by atoms with van der Waals surface area (Å²) in [6.45, 7) is 0.369. The lowest BCUT2D eigenvalue weighted by Gasteiger charge is -2.00. The third kappa shape index (κ3) is 2.84. The second-order valence-electron chi connectivity index (χ2n) is 3.30. The van der Waals surface area contributed by atoms with Crippen LogP contribution in [0.25, 0.3) is 0 Å². The van der Waals surface area contributed by atoms with Crippen molar-refractivity contribution >= 4 is 5.97 Å². The summed E-state index contributed by atoms with van der Waals surface area (Å²) in [5.41, 5.74) is 1.01. The van der Waals surface area contributed by atoms with Crippen LogP contribution in [0.3, 0.4) is 0 Å². The van der Waals surface area contributed by atoms with E-state index in [4.69, 9.17) is 9.26 Å². The summed E-state index contributed by atoms with van der Waals surface area (Å²) in [5, 5.41) is 3.60. The van der Waals surface area contributed by atoms with E-state index in [0.717, 1.165) is 5.56 Å². The zero-order valence-electron chi connectivity index (χ0n) is 9.25. The molecule has 0 saturated heterocycles. The summed E-state index contributed by atoms with van der Waals surface area (Å²) in [4.78, 5) is 11.1. The standard InChI is InChI=1S/C12H11NO4/c1-15-12(14)10-7-11(13-17-10)16-8-9-5-3-2-4-6-9/h2-7H,8H2,1H3. The van der Waals surface area contributed by atoms with Gasteiger partial charge in [0.25, 0.3) is 5.88 Å². The average molecular weight is 233 g/mol. The molecule has 0 fully saturated rings. The highest BCUT2D eigenvalue weighted by molar-refractivity contribution is 5.86. The summed E-state index contributed by atoms with van der Waals surface area (Å²) in [5.74, 6) is -0.295. The Hall–Kier alpha value is -2.30. The first-order chi connectivity index (χ1) is 8.29. The number of nitrogens with zero attached hydrogens (tertiary/aromatic N) is 1.